The van der Waals surface area contributed by atoms with E-state index in [1.54, 1.807) is 36.5 Å². The first-order valence-electron chi connectivity index (χ1n) is 6.73. The molecule has 1 saturated carbocycles. The van der Waals surface area contributed by atoms with Gasteiger partial charge in [0.25, 0.3) is 5.91 Å². The third kappa shape index (κ3) is 2.52. The number of aliphatic hydroxyl groups is 1. The van der Waals surface area contributed by atoms with Crippen molar-refractivity contribution in [1.82, 2.24) is 10.3 Å². The lowest BCUT2D eigenvalue weighted by Crippen LogP contribution is -2.62. The smallest absolute Gasteiger partial charge is 0.380 e. The van der Waals surface area contributed by atoms with E-state index in [1.807, 2.05) is 0 Å². The van der Waals surface area contributed by atoms with Gasteiger partial charge in [0.05, 0.1) is 5.52 Å². The summed E-state index contributed by atoms with van der Waals surface area (Å²) < 4.78 is 37.6. The van der Waals surface area contributed by atoms with Crippen LogP contribution in [0.3, 0.4) is 0 Å². The molecule has 1 fully saturated rings. The second-order valence-corrected chi connectivity index (χ2v) is 5.52. The summed E-state index contributed by atoms with van der Waals surface area (Å²) in [6, 6.07) is 7.73. The van der Waals surface area contributed by atoms with E-state index >= 15 is 0 Å². The Bertz CT molecular complexity index is 724. The molecule has 2 aromatic rings. The molecule has 0 bridgehead atoms. The average molecular weight is 310 g/mol. The Balaban J connectivity index is 1.68. The average Bonchev–Trinajstić information content (AvgIpc) is 2.43. The predicted octanol–water partition coefficient (Wildman–Crippen LogP) is 2.42. The van der Waals surface area contributed by atoms with E-state index in [0.717, 1.165) is 10.9 Å². The maximum Gasteiger partial charge on any atom is 0.417 e. The van der Waals surface area contributed by atoms with Crippen LogP contribution in [0.15, 0.2) is 36.5 Å². The summed E-state index contributed by atoms with van der Waals surface area (Å²) in [7, 11) is 0. The van der Waals surface area contributed by atoms with Gasteiger partial charge >= 0.3 is 6.18 Å². The molecule has 0 atom stereocenters. The number of fused-ring (bicyclic) bond motifs is 1. The number of aromatic nitrogens is 1. The minimum absolute atomic E-state index is 0.350. The number of pyridine rings is 1. The zero-order valence-corrected chi connectivity index (χ0v) is 11.4. The van der Waals surface area contributed by atoms with Crippen LogP contribution < -0.4 is 5.32 Å². The standard InChI is InChI=1S/C15H13F3N2O2/c16-15(17,18)14(22)7-11(8-14)20-13(21)10-3-4-12-9(6-10)2-1-5-19-12/h1-6,11,22H,7-8H2,(H,20,21). The van der Waals surface area contributed by atoms with Crippen LogP contribution in [-0.4, -0.2) is 33.8 Å². The van der Waals surface area contributed by atoms with Crippen LogP contribution in [-0.2, 0) is 0 Å². The molecule has 2 N–H and O–H groups in total. The lowest BCUT2D eigenvalue weighted by atomic mass is 9.75. The van der Waals surface area contributed by atoms with Crippen LogP contribution in [0.25, 0.3) is 10.9 Å². The van der Waals surface area contributed by atoms with E-state index in [4.69, 9.17) is 0 Å². The van der Waals surface area contributed by atoms with Crippen LogP contribution >= 0.6 is 0 Å². The van der Waals surface area contributed by atoms with E-state index in [-0.39, 0.29) is 0 Å². The van der Waals surface area contributed by atoms with E-state index < -0.39 is 36.6 Å². The SMILES string of the molecule is O=C(NC1CC(O)(C(F)(F)F)C1)c1ccc2ncccc2c1. The lowest BCUT2D eigenvalue weighted by Gasteiger charge is -2.44. The number of rotatable bonds is 2. The highest BCUT2D eigenvalue weighted by Crippen LogP contribution is 2.45. The van der Waals surface area contributed by atoms with Gasteiger partial charge in [0.15, 0.2) is 5.60 Å². The molecule has 1 aromatic heterocycles. The van der Waals surface area contributed by atoms with E-state index in [2.05, 4.69) is 10.3 Å². The maximum absolute atomic E-state index is 12.5. The Morgan fingerprint density at radius 3 is 2.73 bits per heavy atom. The van der Waals surface area contributed by atoms with Crippen LogP contribution in [0.1, 0.15) is 23.2 Å². The summed E-state index contributed by atoms with van der Waals surface area (Å²) in [6.45, 7) is 0. The van der Waals surface area contributed by atoms with Gasteiger partial charge in [-0.3, -0.25) is 9.78 Å². The number of nitrogens with one attached hydrogen (secondary N) is 1. The van der Waals surface area contributed by atoms with Crippen molar-refractivity contribution in [1.29, 1.82) is 0 Å². The van der Waals surface area contributed by atoms with Gasteiger partial charge in [-0.15, -0.1) is 0 Å². The molecule has 116 valence electrons. The highest BCUT2D eigenvalue weighted by molar-refractivity contribution is 5.98. The molecule has 4 nitrogen and oxygen atoms in total. The fourth-order valence-electron chi connectivity index (χ4n) is 2.57. The van der Waals surface area contributed by atoms with Crippen molar-refractivity contribution in [2.24, 2.45) is 0 Å². The predicted molar refractivity (Wildman–Crippen MR) is 73.2 cm³/mol. The quantitative estimate of drug-likeness (QED) is 0.895. The van der Waals surface area contributed by atoms with Crippen molar-refractivity contribution in [3.63, 3.8) is 0 Å². The van der Waals surface area contributed by atoms with Crippen molar-refractivity contribution in [3.8, 4) is 0 Å². The lowest BCUT2D eigenvalue weighted by molar-refractivity contribution is -0.291. The van der Waals surface area contributed by atoms with Gasteiger partial charge in [-0.2, -0.15) is 13.2 Å². The first-order valence-corrected chi connectivity index (χ1v) is 6.73. The largest absolute Gasteiger partial charge is 0.417 e. The molecule has 1 heterocycles. The molecule has 3 rings (SSSR count). The minimum atomic E-state index is -4.66. The monoisotopic (exact) mass is 310 g/mol. The molecule has 1 amide bonds. The summed E-state index contributed by atoms with van der Waals surface area (Å²) in [5, 5.41) is 12.6. The number of nitrogens with zero attached hydrogens (tertiary/aromatic N) is 1. The van der Waals surface area contributed by atoms with Crippen molar-refractivity contribution >= 4 is 16.8 Å². The fourth-order valence-corrected chi connectivity index (χ4v) is 2.57. The van der Waals surface area contributed by atoms with Crippen LogP contribution in [0, 0.1) is 0 Å². The van der Waals surface area contributed by atoms with Crippen molar-refractivity contribution in [3.05, 3.63) is 42.1 Å². The zero-order chi connectivity index (χ0) is 16.0. The minimum Gasteiger partial charge on any atom is -0.380 e. The first-order chi connectivity index (χ1) is 10.3. The van der Waals surface area contributed by atoms with Gasteiger partial charge in [0, 0.05) is 36.0 Å². The van der Waals surface area contributed by atoms with Crippen LogP contribution in [0.4, 0.5) is 13.2 Å². The number of benzene rings is 1. The van der Waals surface area contributed by atoms with E-state index in [1.165, 1.54) is 0 Å². The molecule has 7 heteroatoms. The highest BCUT2D eigenvalue weighted by atomic mass is 19.4. The third-order valence-electron chi connectivity index (χ3n) is 3.90. The van der Waals surface area contributed by atoms with Crippen molar-refractivity contribution < 1.29 is 23.1 Å². The molecule has 0 radical (unpaired) electrons. The summed E-state index contributed by atoms with van der Waals surface area (Å²) in [6.07, 6.45) is -4.06. The second-order valence-electron chi connectivity index (χ2n) is 5.52. The maximum atomic E-state index is 12.5. The van der Waals surface area contributed by atoms with Crippen LogP contribution in [0.5, 0.6) is 0 Å². The topological polar surface area (TPSA) is 62.2 Å². The van der Waals surface area contributed by atoms with Crippen LogP contribution in [0.2, 0.25) is 0 Å². The fraction of sp³-hybridized carbons (Fsp3) is 0.333. The van der Waals surface area contributed by atoms with Gasteiger partial charge in [-0.1, -0.05) is 6.07 Å². The Labute approximate surface area is 124 Å². The summed E-state index contributed by atoms with van der Waals surface area (Å²) in [5.74, 6) is -0.458. The molecule has 0 spiro atoms. The number of halogens is 3. The zero-order valence-electron chi connectivity index (χ0n) is 11.4. The summed E-state index contributed by atoms with van der Waals surface area (Å²) >= 11 is 0. The van der Waals surface area contributed by atoms with Gasteiger partial charge in [-0.25, -0.2) is 0 Å². The number of hydrogen-bond donors (Lipinski definition) is 2. The van der Waals surface area contributed by atoms with Crippen molar-refractivity contribution in [2.75, 3.05) is 0 Å². The molecule has 0 aliphatic heterocycles. The Morgan fingerprint density at radius 1 is 1.32 bits per heavy atom. The van der Waals surface area contributed by atoms with Gasteiger partial charge < -0.3 is 10.4 Å². The molecule has 0 saturated heterocycles. The molecule has 1 aliphatic carbocycles. The molecular weight excluding hydrogens is 297 g/mol. The Morgan fingerprint density at radius 2 is 2.05 bits per heavy atom. The third-order valence-corrected chi connectivity index (χ3v) is 3.90. The molecule has 0 unspecified atom stereocenters. The molecular formula is C15H13F3N2O2. The number of alkyl halides is 3. The molecule has 1 aromatic carbocycles. The number of carbonyl (C=O) groups is 1. The van der Waals surface area contributed by atoms with Gasteiger partial charge in [-0.05, 0) is 24.3 Å². The Hall–Kier alpha value is -2.15. The van der Waals surface area contributed by atoms with Gasteiger partial charge in [0.2, 0.25) is 0 Å². The second kappa shape index (κ2) is 4.95. The summed E-state index contributed by atoms with van der Waals surface area (Å²) in [5.41, 5.74) is -1.60. The highest BCUT2D eigenvalue weighted by Gasteiger charge is 2.61. The number of amides is 1. The first kappa shape index (κ1) is 14.8. The van der Waals surface area contributed by atoms with E-state index in [9.17, 15) is 23.1 Å². The van der Waals surface area contributed by atoms with Crippen molar-refractivity contribution in [2.45, 2.75) is 30.7 Å². The Kier molecular flexibility index (Phi) is 3.32. The van der Waals surface area contributed by atoms with E-state index in [0.29, 0.717) is 5.56 Å². The summed E-state index contributed by atoms with van der Waals surface area (Å²) in [4.78, 5) is 16.2. The normalized spacial score (nSPS) is 24.8. The number of hydrogen-bond acceptors (Lipinski definition) is 3. The molecule has 22 heavy (non-hydrogen) atoms. The van der Waals surface area contributed by atoms with Gasteiger partial charge in [0.1, 0.15) is 0 Å². The molecule has 1 aliphatic rings. The number of carbonyl (C=O) groups excluding carboxylic acids is 1.